The van der Waals surface area contributed by atoms with Crippen molar-refractivity contribution in [3.8, 4) is 0 Å². The molecule has 0 amide bonds. The van der Waals surface area contributed by atoms with Gasteiger partial charge in [0.25, 0.3) is 0 Å². The van der Waals surface area contributed by atoms with Crippen molar-refractivity contribution < 1.29 is 15.0 Å². The smallest absolute Gasteiger partial charge is 0.306 e. The predicted molar refractivity (Wildman–Crippen MR) is 84.4 cm³/mol. The Morgan fingerprint density at radius 1 is 1.48 bits per heavy atom. The molecule has 0 bridgehead atoms. The first-order valence-electron chi connectivity index (χ1n) is 7.63. The quantitative estimate of drug-likeness (QED) is 0.755. The SMILES string of the molecule is CC(C)C(NCC1(O)CCC(C(=O)O)CC1)c1cccs1. The van der Waals surface area contributed by atoms with E-state index in [1.165, 1.54) is 4.88 Å². The highest BCUT2D eigenvalue weighted by Crippen LogP contribution is 2.33. The van der Waals surface area contributed by atoms with Crippen molar-refractivity contribution in [2.24, 2.45) is 11.8 Å². The normalized spacial score (nSPS) is 27.7. The van der Waals surface area contributed by atoms with Gasteiger partial charge in [-0.3, -0.25) is 4.79 Å². The Balaban J connectivity index is 1.91. The predicted octanol–water partition coefficient (Wildman–Crippen LogP) is 3.04. The molecule has 0 aliphatic heterocycles. The number of thiophene rings is 1. The summed E-state index contributed by atoms with van der Waals surface area (Å²) < 4.78 is 0. The molecule has 4 nitrogen and oxygen atoms in total. The lowest BCUT2D eigenvalue weighted by atomic mass is 9.78. The second kappa shape index (κ2) is 6.90. The summed E-state index contributed by atoms with van der Waals surface area (Å²) in [5.41, 5.74) is -0.768. The van der Waals surface area contributed by atoms with Gasteiger partial charge in [0.1, 0.15) is 0 Å². The maximum atomic E-state index is 11.0. The van der Waals surface area contributed by atoms with E-state index in [0.717, 1.165) is 0 Å². The fraction of sp³-hybridized carbons (Fsp3) is 0.688. The summed E-state index contributed by atoms with van der Waals surface area (Å²) in [5.74, 6) is -0.574. The van der Waals surface area contributed by atoms with Gasteiger partial charge in [-0.1, -0.05) is 19.9 Å². The monoisotopic (exact) mass is 311 g/mol. The van der Waals surface area contributed by atoms with Gasteiger partial charge in [-0.15, -0.1) is 11.3 Å². The number of aliphatic carboxylic acids is 1. The van der Waals surface area contributed by atoms with Crippen LogP contribution in [-0.2, 0) is 4.79 Å². The molecule has 1 heterocycles. The molecule has 21 heavy (non-hydrogen) atoms. The molecule has 0 radical (unpaired) electrons. The van der Waals surface area contributed by atoms with E-state index in [0.29, 0.717) is 38.1 Å². The van der Waals surface area contributed by atoms with Crippen molar-refractivity contribution in [1.29, 1.82) is 0 Å². The highest BCUT2D eigenvalue weighted by atomic mass is 32.1. The second-order valence-corrected chi connectivity index (χ2v) is 7.43. The number of hydrogen-bond donors (Lipinski definition) is 3. The Morgan fingerprint density at radius 3 is 2.62 bits per heavy atom. The molecular formula is C16H25NO3S. The topological polar surface area (TPSA) is 69.6 Å². The van der Waals surface area contributed by atoms with Crippen LogP contribution in [0.1, 0.15) is 50.4 Å². The van der Waals surface area contributed by atoms with Crippen LogP contribution in [0.2, 0.25) is 0 Å². The summed E-state index contributed by atoms with van der Waals surface area (Å²) in [6.07, 6.45) is 2.26. The van der Waals surface area contributed by atoms with E-state index in [2.05, 4.69) is 30.6 Å². The fourth-order valence-corrected chi connectivity index (χ4v) is 3.99. The lowest BCUT2D eigenvalue weighted by molar-refractivity contribution is -0.144. The number of rotatable bonds is 6. The number of hydrogen-bond acceptors (Lipinski definition) is 4. The van der Waals surface area contributed by atoms with Crippen LogP contribution in [0.15, 0.2) is 17.5 Å². The molecular weight excluding hydrogens is 286 g/mol. The summed E-state index contributed by atoms with van der Waals surface area (Å²) >= 11 is 1.73. The first kappa shape index (κ1) is 16.5. The van der Waals surface area contributed by atoms with Gasteiger partial charge in [0, 0.05) is 17.5 Å². The van der Waals surface area contributed by atoms with E-state index in [1.54, 1.807) is 11.3 Å². The zero-order chi connectivity index (χ0) is 15.5. The minimum absolute atomic E-state index is 0.242. The van der Waals surface area contributed by atoms with Gasteiger partial charge in [0.05, 0.1) is 11.5 Å². The van der Waals surface area contributed by atoms with Crippen LogP contribution >= 0.6 is 11.3 Å². The average Bonchev–Trinajstić information content (AvgIpc) is 2.93. The van der Waals surface area contributed by atoms with E-state index < -0.39 is 11.6 Å². The zero-order valence-electron chi connectivity index (χ0n) is 12.7. The molecule has 1 saturated carbocycles. The number of carbonyl (C=O) groups is 1. The molecule has 118 valence electrons. The van der Waals surface area contributed by atoms with Crippen molar-refractivity contribution in [1.82, 2.24) is 5.32 Å². The summed E-state index contributed by atoms with van der Waals surface area (Å²) in [7, 11) is 0. The molecule has 5 heteroatoms. The van der Waals surface area contributed by atoms with Gasteiger partial charge in [-0.2, -0.15) is 0 Å². The third kappa shape index (κ3) is 4.28. The van der Waals surface area contributed by atoms with E-state index in [9.17, 15) is 9.90 Å². The number of carboxylic acid groups (broad SMARTS) is 1. The molecule has 1 atom stereocenters. The first-order valence-corrected chi connectivity index (χ1v) is 8.51. The van der Waals surface area contributed by atoms with Gasteiger partial charge < -0.3 is 15.5 Å². The van der Waals surface area contributed by atoms with Crippen molar-refractivity contribution >= 4 is 17.3 Å². The largest absolute Gasteiger partial charge is 0.481 e. The minimum atomic E-state index is -0.768. The fourth-order valence-electron chi connectivity index (χ4n) is 3.01. The van der Waals surface area contributed by atoms with Crippen LogP contribution < -0.4 is 5.32 Å². The van der Waals surface area contributed by atoms with E-state index in [1.807, 2.05) is 6.07 Å². The molecule has 1 aromatic rings. The summed E-state index contributed by atoms with van der Waals surface area (Å²) in [6, 6.07) is 4.41. The zero-order valence-corrected chi connectivity index (χ0v) is 13.5. The Morgan fingerprint density at radius 2 is 2.14 bits per heavy atom. The van der Waals surface area contributed by atoms with Crippen molar-refractivity contribution in [2.45, 2.75) is 51.2 Å². The third-order valence-electron chi connectivity index (χ3n) is 4.43. The van der Waals surface area contributed by atoms with Crippen LogP contribution in [-0.4, -0.2) is 28.3 Å². The van der Waals surface area contributed by atoms with Gasteiger partial charge in [0.2, 0.25) is 0 Å². The summed E-state index contributed by atoms with van der Waals surface area (Å²) in [6.45, 7) is 4.87. The molecule has 3 N–H and O–H groups in total. The van der Waals surface area contributed by atoms with E-state index in [-0.39, 0.29) is 12.0 Å². The number of nitrogens with one attached hydrogen (secondary N) is 1. The first-order chi connectivity index (χ1) is 9.91. The van der Waals surface area contributed by atoms with Crippen LogP contribution in [0.4, 0.5) is 0 Å². The third-order valence-corrected chi connectivity index (χ3v) is 5.39. The Kier molecular flexibility index (Phi) is 5.41. The Labute approximate surface area is 130 Å². The summed E-state index contributed by atoms with van der Waals surface area (Å²) in [4.78, 5) is 12.3. The summed E-state index contributed by atoms with van der Waals surface area (Å²) in [5, 5.41) is 25.2. The molecule has 0 aromatic carbocycles. The lowest BCUT2D eigenvalue weighted by Crippen LogP contribution is -2.46. The van der Waals surface area contributed by atoms with Crippen molar-refractivity contribution in [3.63, 3.8) is 0 Å². The van der Waals surface area contributed by atoms with Gasteiger partial charge >= 0.3 is 5.97 Å². The van der Waals surface area contributed by atoms with Crippen LogP contribution in [0.3, 0.4) is 0 Å². The Hall–Kier alpha value is -0.910. The van der Waals surface area contributed by atoms with Gasteiger partial charge in [-0.25, -0.2) is 0 Å². The van der Waals surface area contributed by atoms with Crippen LogP contribution in [0, 0.1) is 11.8 Å². The highest BCUT2D eigenvalue weighted by Gasteiger charge is 2.36. The molecule has 0 spiro atoms. The second-order valence-electron chi connectivity index (χ2n) is 6.45. The van der Waals surface area contributed by atoms with Gasteiger partial charge in [0.15, 0.2) is 0 Å². The maximum absolute atomic E-state index is 11.0. The molecule has 2 rings (SSSR count). The lowest BCUT2D eigenvalue weighted by Gasteiger charge is -2.36. The molecule has 1 aliphatic rings. The number of aliphatic hydroxyl groups is 1. The minimum Gasteiger partial charge on any atom is -0.481 e. The molecule has 1 fully saturated rings. The van der Waals surface area contributed by atoms with Crippen molar-refractivity contribution in [3.05, 3.63) is 22.4 Å². The van der Waals surface area contributed by atoms with E-state index in [4.69, 9.17) is 5.11 Å². The number of carboxylic acids is 1. The highest BCUT2D eigenvalue weighted by molar-refractivity contribution is 7.10. The van der Waals surface area contributed by atoms with Crippen LogP contribution in [0.25, 0.3) is 0 Å². The van der Waals surface area contributed by atoms with E-state index >= 15 is 0 Å². The molecule has 1 aromatic heterocycles. The molecule has 1 unspecified atom stereocenters. The Bertz CT molecular complexity index is 450. The van der Waals surface area contributed by atoms with Gasteiger partial charge in [-0.05, 0) is 43.0 Å². The molecule has 0 saturated heterocycles. The average molecular weight is 311 g/mol. The standard InChI is InChI=1S/C16H25NO3S/c1-11(2)14(13-4-3-9-21-13)17-10-16(20)7-5-12(6-8-16)15(18)19/h3-4,9,11-12,14,17,20H,5-8,10H2,1-2H3,(H,18,19). The maximum Gasteiger partial charge on any atom is 0.306 e. The van der Waals surface area contributed by atoms with Crippen molar-refractivity contribution in [2.75, 3.05) is 6.54 Å². The van der Waals surface area contributed by atoms with Crippen LogP contribution in [0.5, 0.6) is 0 Å². The molecule has 1 aliphatic carbocycles.